The van der Waals surface area contributed by atoms with Gasteiger partial charge in [-0.1, -0.05) is 37.6 Å². The molecule has 0 aliphatic carbocycles. The Bertz CT molecular complexity index is 815. The first-order chi connectivity index (χ1) is 14.4. The van der Waals surface area contributed by atoms with Crippen molar-refractivity contribution in [1.82, 2.24) is 10.2 Å². The van der Waals surface area contributed by atoms with Crippen molar-refractivity contribution < 1.29 is 14.0 Å². The molecule has 2 aromatic rings. The predicted octanol–water partition coefficient (Wildman–Crippen LogP) is 5.29. The summed E-state index contributed by atoms with van der Waals surface area (Å²) < 4.78 is 13.3. The van der Waals surface area contributed by atoms with Crippen LogP contribution in [0.5, 0.6) is 0 Å². The lowest BCUT2D eigenvalue weighted by atomic mass is 10.1. The number of hydrogen-bond donors (Lipinski definition) is 1. The number of carbonyl (C=O) groups excluding carboxylic acids is 2. The third-order valence-corrected chi connectivity index (χ3v) is 5.87. The molecule has 162 valence electrons. The van der Waals surface area contributed by atoms with Crippen LogP contribution in [-0.4, -0.2) is 35.1 Å². The average Bonchev–Trinajstić information content (AvgIpc) is 2.74. The third-order valence-electron chi connectivity index (χ3n) is 4.60. The van der Waals surface area contributed by atoms with Gasteiger partial charge >= 0.3 is 0 Å². The lowest BCUT2D eigenvalue weighted by Gasteiger charge is -2.30. The maximum Gasteiger partial charge on any atom is 0.242 e. The predicted molar refractivity (Wildman–Crippen MR) is 121 cm³/mol. The minimum Gasteiger partial charge on any atom is -0.354 e. The molecule has 2 aromatic carbocycles. The molecular weight excluding hydrogens is 423 g/mol. The van der Waals surface area contributed by atoms with Gasteiger partial charge < -0.3 is 10.2 Å². The Balaban J connectivity index is 2.09. The standard InChI is InChI=1S/C23H28ClFN2O2S/c1-3-14-26-23(29)21(4-2)27(16-17-5-9-19(25)10-6-17)22(28)13-15-30-20-11-7-18(24)8-12-20/h5-12,21H,3-4,13-16H2,1-2H3,(H,26,29)/t21-/m0/s1. The van der Waals surface area contributed by atoms with E-state index in [1.807, 2.05) is 38.1 Å². The molecule has 0 fully saturated rings. The monoisotopic (exact) mass is 450 g/mol. The highest BCUT2D eigenvalue weighted by atomic mass is 35.5. The quantitative estimate of drug-likeness (QED) is 0.473. The summed E-state index contributed by atoms with van der Waals surface area (Å²) >= 11 is 7.48. The molecule has 4 nitrogen and oxygen atoms in total. The van der Waals surface area contributed by atoms with Gasteiger partial charge in [0.1, 0.15) is 11.9 Å². The summed E-state index contributed by atoms with van der Waals surface area (Å²) in [5.41, 5.74) is 0.789. The van der Waals surface area contributed by atoms with Crippen LogP contribution in [0.15, 0.2) is 53.4 Å². The van der Waals surface area contributed by atoms with E-state index in [-0.39, 0.29) is 24.2 Å². The normalized spacial score (nSPS) is 11.7. The van der Waals surface area contributed by atoms with E-state index in [1.165, 1.54) is 12.1 Å². The topological polar surface area (TPSA) is 49.4 Å². The molecular formula is C23H28ClFN2O2S. The van der Waals surface area contributed by atoms with Crippen molar-refractivity contribution in [2.75, 3.05) is 12.3 Å². The van der Waals surface area contributed by atoms with Gasteiger partial charge in [-0.2, -0.15) is 0 Å². The van der Waals surface area contributed by atoms with Crippen LogP contribution >= 0.6 is 23.4 Å². The van der Waals surface area contributed by atoms with Crippen molar-refractivity contribution in [1.29, 1.82) is 0 Å². The first kappa shape index (κ1) is 24.2. The van der Waals surface area contributed by atoms with E-state index in [2.05, 4.69) is 5.32 Å². The number of halogens is 2. The lowest BCUT2D eigenvalue weighted by molar-refractivity contribution is -0.141. The fourth-order valence-corrected chi connectivity index (χ4v) is 3.97. The zero-order valence-corrected chi connectivity index (χ0v) is 18.9. The van der Waals surface area contributed by atoms with Crippen molar-refractivity contribution in [3.05, 3.63) is 64.9 Å². The maximum absolute atomic E-state index is 13.3. The second-order valence-corrected chi connectivity index (χ2v) is 8.52. The molecule has 0 aliphatic heterocycles. The largest absolute Gasteiger partial charge is 0.354 e. The van der Waals surface area contributed by atoms with Gasteiger partial charge in [-0.25, -0.2) is 4.39 Å². The van der Waals surface area contributed by atoms with E-state index in [4.69, 9.17) is 11.6 Å². The van der Waals surface area contributed by atoms with Crippen LogP contribution < -0.4 is 5.32 Å². The smallest absolute Gasteiger partial charge is 0.242 e. The Morgan fingerprint density at radius 2 is 1.77 bits per heavy atom. The zero-order valence-electron chi connectivity index (χ0n) is 17.4. The minimum atomic E-state index is -0.561. The van der Waals surface area contributed by atoms with Crippen LogP contribution in [0.4, 0.5) is 4.39 Å². The van der Waals surface area contributed by atoms with Crippen LogP contribution in [0, 0.1) is 5.82 Å². The molecule has 0 heterocycles. The Hall–Kier alpha value is -2.05. The van der Waals surface area contributed by atoms with Gasteiger partial charge in [-0.3, -0.25) is 9.59 Å². The third kappa shape index (κ3) is 7.65. The van der Waals surface area contributed by atoms with Crippen LogP contribution in [0.1, 0.15) is 38.7 Å². The lowest BCUT2D eigenvalue weighted by Crippen LogP contribution is -2.49. The fraction of sp³-hybridized carbons (Fsp3) is 0.391. The van der Waals surface area contributed by atoms with Gasteiger partial charge in [-0.05, 0) is 54.8 Å². The van der Waals surface area contributed by atoms with E-state index in [9.17, 15) is 14.0 Å². The molecule has 0 radical (unpaired) electrons. The second-order valence-electron chi connectivity index (χ2n) is 6.92. The van der Waals surface area contributed by atoms with E-state index in [0.717, 1.165) is 16.9 Å². The van der Waals surface area contributed by atoms with Crippen LogP contribution in [-0.2, 0) is 16.1 Å². The first-order valence-corrected chi connectivity index (χ1v) is 11.5. The van der Waals surface area contributed by atoms with Gasteiger partial charge in [0, 0.05) is 35.2 Å². The van der Waals surface area contributed by atoms with E-state index in [1.54, 1.807) is 28.8 Å². The van der Waals surface area contributed by atoms with Gasteiger partial charge in [0.15, 0.2) is 0 Å². The number of carbonyl (C=O) groups is 2. The van der Waals surface area contributed by atoms with Gasteiger partial charge in [0.05, 0.1) is 0 Å². The molecule has 1 N–H and O–H groups in total. The van der Waals surface area contributed by atoms with E-state index >= 15 is 0 Å². The molecule has 30 heavy (non-hydrogen) atoms. The highest BCUT2D eigenvalue weighted by Gasteiger charge is 2.28. The summed E-state index contributed by atoms with van der Waals surface area (Å²) in [5, 5.41) is 3.56. The van der Waals surface area contributed by atoms with Crippen molar-refractivity contribution in [3.8, 4) is 0 Å². The van der Waals surface area contributed by atoms with E-state index < -0.39 is 6.04 Å². The van der Waals surface area contributed by atoms with Gasteiger partial charge in [0.2, 0.25) is 11.8 Å². The average molecular weight is 451 g/mol. The molecule has 2 amide bonds. The summed E-state index contributed by atoms with van der Waals surface area (Å²) in [6, 6.07) is 12.9. The zero-order chi connectivity index (χ0) is 21.9. The number of thioether (sulfide) groups is 1. The molecule has 0 aliphatic rings. The fourth-order valence-electron chi connectivity index (χ4n) is 3.00. The molecule has 0 aromatic heterocycles. The highest BCUT2D eigenvalue weighted by molar-refractivity contribution is 7.99. The summed E-state index contributed by atoms with van der Waals surface area (Å²) in [6.07, 6.45) is 1.63. The SMILES string of the molecule is CCCNC(=O)[C@H](CC)N(Cc1ccc(F)cc1)C(=O)CCSc1ccc(Cl)cc1. The molecule has 0 unspecified atom stereocenters. The number of rotatable bonds is 11. The van der Waals surface area contributed by atoms with Crippen LogP contribution in [0.25, 0.3) is 0 Å². The second kappa shape index (κ2) is 12.6. The Morgan fingerprint density at radius 1 is 1.10 bits per heavy atom. The van der Waals surface area contributed by atoms with Crippen molar-refractivity contribution in [3.63, 3.8) is 0 Å². The van der Waals surface area contributed by atoms with Crippen LogP contribution in [0.3, 0.4) is 0 Å². The number of nitrogens with zero attached hydrogens (tertiary/aromatic N) is 1. The summed E-state index contributed by atoms with van der Waals surface area (Å²) in [7, 11) is 0. The molecule has 0 spiro atoms. The molecule has 2 rings (SSSR count). The first-order valence-electron chi connectivity index (χ1n) is 10.1. The summed E-state index contributed by atoms with van der Waals surface area (Å²) in [4.78, 5) is 28.4. The van der Waals surface area contributed by atoms with Crippen molar-refractivity contribution >= 4 is 35.2 Å². The van der Waals surface area contributed by atoms with Gasteiger partial charge in [0.25, 0.3) is 0 Å². The Labute approximate surface area is 187 Å². The molecule has 0 saturated carbocycles. The molecule has 7 heteroatoms. The van der Waals surface area contributed by atoms with Crippen molar-refractivity contribution in [2.24, 2.45) is 0 Å². The van der Waals surface area contributed by atoms with Crippen LogP contribution in [0.2, 0.25) is 5.02 Å². The minimum absolute atomic E-state index is 0.0979. The maximum atomic E-state index is 13.3. The molecule has 0 saturated heterocycles. The summed E-state index contributed by atoms with van der Waals surface area (Å²) in [6.45, 7) is 4.71. The van der Waals surface area contributed by atoms with E-state index in [0.29, 0.717) is 30.2 Å². The van der Waals surface area contributed by atoms with Gasteiger partial charge in [-0.15, -0.1) is 11.8 Å². The summed E-state index contributed by atoms with van der Waals surface area (Å²) in [5.74, 6) is 0.0103. The number of hydrogen-bond acceptors (Lipinski definition) is 3. The number of nitrogens with one attached hydrogen (secondary N) is 1. The Kier molecular flexibility index (Phi) is 10.2. The highest BCUT2D eigenvalue weighted by Crippen LogP contribution is 2.22. The number of amides is 2. The Morgan fingerprint density at radius 3 is 2.37 bits per heavy atom. The molecule has 0 bridgehead atoms. The van der Waals surface area contributed by atoms with Crippen molar-refractivity contribution in [2.45, 2.75) is 50.6 Å². The number of benzene rings is 2. The molecule has 1 atom stereocenters.